The van der Waals surface area contributed by atoms with Crippen molar-refractivity contribution in [2.45, 2.75) is 11.4 Å². The molecule has 78 valence electrons. The second-order valence-corrected chi connectivity index (χ2v) is 4.03. The third kappa shape index (κ3) is 4.72. The summed E-state index contributed by atoms with van der Waals surface area (Å²) in [5.41, 5.74) is 0.377. The maximum atomic E-state index is 10.6. The Morgan fingerprint density at radius 1 is 1.27 bits per heavy atom. The van der Waals surface area contributed by atoms with Crippen molar-refractivity contribution in [1.82, 2.24) is 0 Å². The molecule has 1 aromatic rings. The zero-order chi connectivity index (χ0) is 10.8. The summed E-state index contributed by atoms with van der Waals surface area (Å²) in [7, 11) is -4.22. The summed E-state index contributed by atoms with van der Waals surface area (Å²) in [4.78, 5) is 9.29. The van der Waals surface area contributed by atoms with Gasteiger partial charge in [0.05, 0.1) is 4.90 Å². The molecule has 6 nitrogen and oxygen atoms in total. The Morgan fingerprint density at radius 2 is 1.73 bits per heavy atom. The van der Waals surface area contributed by atoms with Gasteiger partial charge in [0.15, 0.2) is 0 Å². The molecule has 0 aliphatic heterocycles. The second kappa shape index (κ2) is 5.57. The standard InChI is InChI=1S/C7H7NO5S.Na.H/c9-8(10)5-6-1-3-7(4-2-6)14(11,12)13;;/h1-4H,5H2,(H,11,12,13);;. The molecule has 0 bridgehead atoms. The first-order valence-corrected chi connectivity index (χ1v) is 5.02. The Morgan fingerprint density at radius 3 is 2.07 bits per heavy atom. The topological polar surface area (TPSA) is 97.5 Å². The van der Waals surface area contributed by atoms with E-state index in [0.717, 1.165) is 12.1 Å². The predicted molar refractivity (Wildman–Crippen MR) is 54.1 cm³/mol. The molecule has 1 rings (SSSR count). The quantitative estimate of drug-likeness (QED) is 0.349. The monoisotopic (exact) mass is 241 g/mol. The Bertz CT molecular complexity index is 441. The van der Waals surface area contributed by atoms with Gasteiger partial charge in [-0.25, -0.2) is 0 Å². The predicted octanol–water partition coefficient (Wildman–Crippen LogP) is 0.0615. The van der Waals surface area contributed by atoms with Crippen LogP contribution in [0.5, 0.6) is 0 Å². The molecule has 1 aromatic carbocycles. The average molecular weight is 241 g/mol. The van der Waals surface area contributed by atoms with E-state index in [4.69, 9.17) is 4.55 Å². The van der Waals surface area contributed by atoms with Gasteiger partial charge in [-0.2, -0.15) is 8.42 Å². The van der Waals surface area contributed by atoms with Gasteiger partial charge in [-0.3, -0.25) is 14.7 Å². The summed E-state index contributed by atoms with van der Waals surface area (Å²) in [6.45, 7) is -0.369. The van der Waals surface area contributed by atoms with E-state index in [-0.39, 0.29) is 41.0 Å². The fraction of sp³-hybridized carbons (Fsp3) is 0.143. The third-order valence-electron chi connectivity index (χ3n) is 1.53. The molecule has 8 heteroatoms. The molecular formula is C7H8NNaO5S. The van der Waals surface area contributed by atoms with Gasteiger partial charge in [0.2, 0.25) is 6.54 Å². The summed E-state index contributed by atoms with van der Waals surface area (Å²) >= 11 is 0. The van der Waals surface area contributed by atoms with Crippen LogP contribution in [0.2, 0.25) is 0 Å². The molecule has 0 saturated heterocycles. The molecule has 0 saturated carbocycles. The Labute approximate surface area is 108 Å². The normalized spacial score (nSPS) is 10.5. The molecule has 0 aromatic heterocycles. The first-order chi connectivity index (χ1) is 6.39. The van der Waals surface area contributed by atoms with E-state index in [9.17, 15) is 18.5 Å². The number of hydrogen-bond acceptors (Lipinski definition) is 4. The first-order valence-electron chi connectivity index (χ1n) is 3.58. The van der Waals surface area contributed by atoms with Crippen molar-refractivity contribution < 1.29 is 17.9 Å². The summed E-state index contributed by atoms with van der Waals surface area (Å²) < 4.78 is 29.8. The number of nitro groups is 1. The molecule has 0 heterocycles. The van der Waals surface area contributed by atoms with E-state index in [1.807, 2.05) is 0 Å². The Balaban J connectivity index is 0.00000196. The van der Waals surface area contributed by atoms with Gasteiger partial charge >= 0.3 is 29.6 Å². The van der Waals surface area contributed by atoms with Crippen LogP contribution in [-0.4, -0.2) is 47.5 Å². The Kier molecular flexibility index (Phi) is 5.39. The molecule has 0 spiro atoms. The maximum absolute atomic E-state index is 10.6. The molecular weight excluding hydrogens is 233 g/mol. The SMILES string of the molecule is O=[N+]([O-])Cc1ccc(S(=O)(=O)O)cc1.[NaH]. The molecule has 0 amide bonds. The minimum absolute atomic E-state index is 0. The van der Waals surface area contributed by atoms with Crippen LogP contribution in [0.15, 0.2) is 29.2 Å². The van der Waals surface area contributed by atoms with Crippen molar-refractivity contribution in [3.05, 3.63) is 39.9 Å². The number of benzene rings is 1. The molecule has 0 fully saturated rings. The van der Waals surface area contributed by atoms with Crippen LogP contribution in [0.25, 0.3) is 0 Å². The number of rotatable bonds is 3. The number of nitrogens with zero attached hydrogens (tertiary/aromatic N) is 1. The van der Waals surface area contributed by atoms with Gasteiger partial charge in [-0.1, -0.05) is 12.1 Å². The first kappa shape index (κ1) is 14.5. The average Bonchev–Trinajstić information content (AvgIpc) is 2.02. The Hall–Kier alpha value is -0.470. The van der Waals surface area contributed by atoms with E-state index in [2.05, 4.69) is 0 Å². The minimum atomic E-state index is -4.22. The van der Waals surface area contributed by atoms with E-state index >= 15 is 0 Å². The van der Waals surface area contributed by atoms with Crippen LogP contribution in [0, 0.1) is 10.1 Å². The van der Waals surface area contributed by atoms with Crippen LogP contribution < -0.4 is 0 Å². The van der Waals surface area contributed by atoms with Crippen molar-refractivity contribution in [2.75, 3.05) is 0 Å². The van der Waals surface area contributed by atoms with E-state index < -0.39 is 15.0 Å². The van der Waals surface area contributed by atoms with Crippen molar-refractivity contribution in [1.29, 1.82) is 0 Å². The zero-order valence-electron chi connectivity index (χ0n) is 6.95. The summed E-state index contributed by atoms with van der Waals surface area (Å²) in [5.74, 6) is 0. The van der Waals surface area contributed by atoms with Crippen LogP contribution >= 0.6 is 0 Å². The van der Waals surface area contributed by atoms with Gasteiger partial charge in [0.1, 0.15) is 0 Å². The van der Waals surface area contributed by atoms with Gasteiger partial charge in [-0.15, -0.1) is 0 Å². The van der Waals surface area contributed by atoms with Crippen LogP contribution in [0.1, 0.15) is 5.56 Å². The van der Waals surface area contributed by atoms with Crippen molar-refractivity contribution >= 4 is 39.7 Å². The summed E-state index contributed by atoms with van der Waals surface area (Å²) in [6, 6.07) is 4.81. The summed E-state index contributed by atoms with van der Waals surface area (Å²) in [5, 5.41) is 10.1. The summed E-state index contributed by atoms with van der Waals surface area (Å²) in [6.07, 6.45) is 0. The number of hydrogen-bond donors (Lipinski definition) is 1. The van der Waals surface area contributed by atoms with Crippen molar-refractivity contribution in [3.63, 3.8) is 0 Å². The van der Waals surface area contributed by atoms with Gasteiger partial charge in [0, 0.05) is 10.5 Å². The molecule has 0 aliphatic rings. The fourth-order valence-corrected chi connectivity index (χ4v) is 1.40. The zero-order valence-corrected chi connectivity index (χ0v) is 7.77. The molecule has 0 radical (unpaired) electrons. The molecule has 0 atom stereocenters. The van der Waals surface area contributed by atoms with E-state index in [1.165, 1.54) is 12.1 Å². The van der Waals surface area contributed by atoms with Crippen LogP contribution in [-0.2, 0) is 16.7 Å². The van der Waals surface area contributed by atoms with Gasteiger partial charge < -0.3 is 0 Å². The third-order valence-corrected chi connectivity index (χ3v) is 2.40. The van der Waals surface area contributed by atoms with Gasteiger partial charge in [0.25, 0.3) is 10.1 Å². The van der Waals surface area contributed by atoms with Crippen molar-refractivity contribution in [2.24, 2.45) is 0 Å². The molecule has 0 unspecified atom stereocenters. The van der Waals surface area contributed by atoms with E-state index in [0.29, 0.717) is 5.56 Å². The van der Waals surface area contributed by atoms with Crippen molar-refractivity contribution in [3.8, 4) is 0 Å². The van der Waals surface area contributed by atoms with E-state index in [1.54, 1.807) is 0 Å². The molecule has 1 N–H and O–H groups in total. The second-order valence-electron chi connectivity index (χ2n) is 2.61. The fourth-order valence-electron chi connectivity index (χ4n) is 0.916. The van der Waals surface area contributed by atoms with Crippen LogP contribution in [0.4, 0.5) is 0 Å². The van der Waals surface area contributed by atoms with Gasteiger partial charge in [-0.05, 0) is 12.1 Å². The molecule has 0 aliphatic carbocycles. The van der Waals surface area contributed by atoms with Crippen LogP contribution in [0.3, 0.4) is 0 Å². The molecule has 15 heavy (non-hydrogen) atoms.